The number of aromatic nitrogens is 2. The number of fused-ring (bicyclic) bond motifs is 2. The van der Waals surface area contributed by atoms with Gasteiger partial charge >= 0.3 is 5.97 Å². The number of carboxylic acids is 1. The van der Waals surface area contributed by atoms with Gasteiger partial charge in [0.2, 0.25) is 0 Å². The third-order valence-corrected chi connectivity index (χ3v) is 3.47. The van der Waals surface area contributed by atoms with Crippen molar-refractivity contribution in [2.24, 2.45) is 5.92 Å². The minimum atomic E-state index is -0.666. The van der Waals surface area contributed by atoms with Crippen LogP contribution in [0.4, 0.5) is 0 Å². The number of carbonyl (C=O) groups is 1. The van der Waals surface area contributed by atoms with Crippen molar-refractivity contribution in [1.82, 2.24) is 14.9 Å². The van der Waals surface area contributed by atoms with Gasteiger partial charge in [0.15, 0.2) is 0 Å². The molecule has 0 amide bonds. The fourth-order valence-electron chi connectivity index (χ4n) is 2.66. The second-order valence-electron chi connectivity index (χ2n) is 4.39. The minimum absolute atomic E-state index is 0.195. The summed E-state index contributed by atoms with van der Waals surface area (Å²) >= 11 is 0. The Hall–Kier alpha value is -1.36. The molecule has 1 aromatic rings. The molecule has 0 unspecified atom stereocenters. The molecule has 0 bridgehead atoms. The van der Waals surface area contributed by atoms with Crippen LogP contribution in [0, 0.1) is 5.92 Å². The Labute approximate surface area is 87.1 Å². The van der Waals surface area contributed by atoms with E-state index in [2.05, 4.69) is 14.9 Å². The Bertz CT molecular complexity index is 373. The Balaban J connectivity index is 1.81. The van der Waals surface area contributed by atoms with E-state index in [1.807, 2.05) is 0 Å². The van der Waals surface area contributed by atoms with E-state index in [0.29, 0.717) is 12.6 Å². The molecule has 80 valence electrons. The highest BCUT2D eigenvalue weighted by molar-refractivity contribution is 5.70. The SMILES string of the molecule is O=C(O)[C@H]1C[C@H]2Cc3nc[nH]c3CN2C1. The maximum atomic E-state index is 10.9. The fraction of sp³-hybridized carbons (Fsp3) is 0.600. The van der Waals surface area contributed by atoms with E-state index >= 15 is 0 Å². The van der Waals surface area contributed by atoms with Gasteiger partial charge in [0.05, 0.1) is 23.6 Å². The number of imidazole rings is 1. The van der Waals surface area contributed by atoms with E-state index in [4.69, 9.17) is 5.11 Å². The van der Waals surface area contributed by atoms with Crippen LogP contribution in [0.5, 0.6) is 0 Å². The first-order valence-electron chi connectivity index (χ1n) is 5.22. The van der Waals surface area contributed by atoms with Crippen molar-refractivity contribution >= 4 is 5.97 Å². The standard InChI is InChI=1S/C10H13N3O2/c14-10(15)6-1-7-2-8-9(12-5-11-8)4-13(7)3-6/h5-7H,1-4H2,(H,11,12)(H,14,15)/t6-,7-/m0/s1. The maximum Gasteiger partial charge on any atom is 0.307 e. The summed E-state index contributed by atoms with van der Waals surface area (Å²) in [4.78, 5) is 20.5. The van der Waals surface area contributed by atoms with Gasteiger partial charge in [-0.3, -0.25) is 9.69 Å². The zero-order valence-corrected chi connectivity index (χ0v) is 8.31. The lowest BCUT2D eigenvalue weighted by molar-refractivity contribution is -0.141. The lowest BCUT2D eigenvalue weighted by Gasteiger charge is -2.28. The van der Waals surface area contributed by atoms with Crippen molar-refractivity contribution in [3.63, 3.8) is 0 Å². The molecule has 1 fully saturated rings. The first kappa shape index (κ1) is 8.91. The van der Waals surface area contributed by atoms with Gasteiger partial charge in [0.1, 0.15) is 0 Å². The molecule has 0 saturated carbocycles. The quantitative estimate of drug-likeness (QED) is 0.692. The highest BCUT2D eigenvalue weighted by atomic mass is 16.4. The lowest BCUT2D eigenvalue weighted by atomic mass is 10.0. The summed E-state index contributed by atoms with van der Waals surface area (Å²) in [5.74, 6) is -0.861. The maximum absolute atomic E-state index is 10.9. The number of H-pyrrole nitrogens is 1. The van der Waals surface area contributed by atoms with Crippen LogP contribution in [-0.2, 0) is 17.8 Å². The van der Waals surface area contributed by atoms with Crippen LogP contribution in [0.3, 0.4) is 0 Å². The molecule has 5 heteroatoms. The molecule has 2 N–H and O–H groups in total. The van der Waals surface area contributed by atoms with Crippen LogP contribution in [0.1, 0.15) is 17.8 Å². The Morgan fingerprint density at radius 3 is 3.33 bits per heavy atom. The van der Waals surface area contributed by atoms with Crippen molar-refractivity contribution in [1.29, 1.82) is 0 Å². The molecule has 5 nitrogen and oxygen atoms in total. The molecular weight excluding hydrogens is 194 g/mol. The van der Waals surface area contributed by atoms with Crippen molar-refractivity contribution < 1.29 is 9.90 Å². The summed E-state index contributed by atoms with van der Waals surface area (Å²) in [5.41, 5.74) is 2.26. The van der Waals surface area contributed by atoms with E-state index < -0.39 is 5.97 Å². The van der Waals surface area contributed by atoms with Crippen LogP contribution in [0.25, 0.3) is 0 Å². The Morgan fingerprint density at radius 2 is 2.53 bits per heavy atom. The average molecular weight is 207 g/mol. The largest absolute Gasteiger partial charge is 0.481 e. The molecule has 0 spiro atoms. The lowest BCUT2D eigenvalue weighted by Crippen LogP contribution is -2.35. The molecule has 0 aliphatic carbocycles. The second kappa shape index (κ2) is 3.06. The third-order valence-electron chi connectivity index (χ3n) is 3.47. The summed E-state index contributed by atoms with van der Waals surface area (Å²) in [7, 11) is 0. The smallest absolute Gasteiger partial charge is 0.307 e. The van der Waals surface area contributed by atoms with Crippen molar-refractivity contribution in [3.8, 4) is 0 Å². The van der Waals surface area contributed by atoms with Crippen LogP contribution in [0.2, 0.25) is 0 Å². The second-order valence-corrected chi connectivity index (χ2v) is 4.39. The average Bonchev–Trinajstić information content (AvgIpc) is 2.77. The molecule has 15 heavy (non-hydrogen) atoms. The summed E-state index contributed by atoms with van der Waals surface area (Å²) in [6.45, 7) is 1.50. The predicted molar refractivity (Wildman–Crippen MR) is 52.2 cm³/mol. The zero-order valence-electron chi connectivity index (χ0n) is 8.31. The molecule has 0 radical (unpaired) electrons. The number of nitrogens with zero attached hydrogens (tertiary/aromatic N) is 2. The van der Waals surface area contributed by atoms with Gasteiger partial charge in [-0.05, 0) is 6.42 Å². The van der Waals surface area contributed by atoms with Gasteiger partial charge in [-0.25, -0.2) is 4.98 Å². The van der Waals surface area contributed by atoms with Crippen molar-refractivity contribution in [3.05, 3.63) is 17.7 Å². The summed E-state index contributed by atoms with van der Waals surface area (Å²) in [6, 6.07) is 0.377. The van der Waals surface area contributed by atoms with Gasteiger partial charge in [-0.1, -0.05) is 0 Å². The number of rotatable bonds is 1. The first-order chi connectivity index (χ1) is 7.24. The van der Waals surface area contributed by atoms with Gasteiger partial charge in [-0.15, -0.1) is 0 Å². The van der Waals surface area contributed by atoms with Crippen molar-refractivity contribution in [2.45, 2.75) is 25.4 Å². The van der Waals surface area contributed by atoms with E-state index in [9.17, 15) is 4.79 Å². The van der Waals surface area contributed by atoms with Gasteiger partial charge in [0, 0.05) is 25.6 Å². The highest BCUT2D eigenvalue weighted by Crippen LogP contribution is 2.31. The minimum Gasteiger partial charge on any atom is -0.481 e. The van der Waals surface area contributed by atoms with Crippen LogP contribution in [-0.4, -0.2) is 38.5 Å². The molecule has 2 atom stereocenters. The molecule has 1 aromatic heterocycles. The molecule has 3 rings (SSSR count). The van der Waals surface area contributed by atoms with Crippen molar-refractivity contribution in [2.75, 3.05) is 6.54 Å². The van der Waals surface area contributed by atoms with Crippen LogP contribution >= 0.6 is 0 Å². The van der Waals surface area contributed by atoms with Gasteiger partial charge in [0.25, 0.3) is 0 Å². The summed E-state index contributed by atoms with van der Waals surface area (Å²) in [6.07, 6.45) is 3.38. The topological polar surface area (TPSA) is 69.2 Å². The van der Waals surface area contributed by atoms with E-state index in [1.165, 1.54) is 0 Å². The Kier molecular flexibility index (Phi) is 1.82. The number of hydrogen-bond donors (Lipinski definition) is 2. The van der Waals surface area contributed by atoms with Crippen LogP contribution in [0.15, 0.2) is 6.33 Å². The highest BCUT2D eigenvalue weighted by Gasteiger charge is 2.39. The number of aromatic amines is 1. The number of hydrogen-bond acceptors (Lipinski definition) is 3. The number of nitrogens with one attached hydrogen (secondary N) is 1. The van der Waals surface area contributed by atoms with E-state index in [-0.39, 0.29) is 5.92 Å². The number of aliphatic carboxylic acids is 1. The summed E-state index contributed by atoms with van der Waals surface area (Å²) < 4.78 is 0. The Morgan fingerprint density at radius 1 is 1.67 bits per heavy atom. The van der Waals surface area contributed by atoms with Gasteiger partial charge < -0.3 is 10.1 Å². The zero-order chi connectivity index (χ0) is 10.4. The van der Waals surface area contributed by atoms with E-state index in [1.54, 1.807) is 6.33 Å². The molecule has 2 aliphatic rings. The normalized spacial score (nSPS) is 29.9. The monoisotopic (exact) mass is 207 g/mol. The molecule has 2 aliphatic heterocycles. The molecule has 0 aromatic carbocycles. The number of carboxylic acid groups (broad SMARTS) is 1. The summed E-state index contributed by atoms with van der Waals surface area (Å²) in [5, 5.41) is 8.98. The van der Waals surface area contributed by atoms with Gasteiger partial charge in [-0.2, -0.15) is 0 Å². The third kappa shape index (κ3) is 1.34. The molecule has 3 heterocycles. The van der Waals surface area contributed by atoms with Crippen LogP contribution < -0.4 is 0 Å². The molecule has 1 saturated heterocycles. The first-order valence-corrected chi connectivity index (χ1v) is 5.22. The molecular formula is C10H13N3O2. The fourth-order valence-corrected chi connectivity index (χ4v) is 2.66. The van der Waals surface area contributed by atoms with E-state index in [0.717, 1.165) is 30.8 Å². The predicted octanol–water partition coefficient (Wildman–Crippen LogP) is 0.241.